The number of nitrogens with zero attached hydrogens (tertiary/aromatic N) is 1. The monoisotopic (exact) mass is 272 g/mol. The molecule has 0 aliphatic heterocycles. The number of benzene rings is 1. The summed E-state index contributed by atoms with van der Waals surface area (Å²) in [6, 6.07) is 3.22. The molecular weight excluding hydrogens is 260 g/mol. The molecule has 0 heterocycles. The predicted octanol–water partition coefficient (Wildman–Crippen LogP) is 0.409. The Morgan fingerprint density at radius 3 is 2.78 bits per heavy atom. The molecule has 0 fully saturated rings. The van der Waals surface area contributed by atoms with Crippen LogP contribution in [0.4, 0.5) is 5.69 Å². The molecule has 0 bridgehead atoms. The number of aromatic hydroxyl groups is 1. The number of rotatable bonds is 5. The molecule has 1 aromatic carbocycles. The van der Waals surface area contributed by atoms with Crippen LogP contribution in [-0.4, -0.2) is 38.7 Å². The Bertz CT molecular complexity index is 503. The first-order valence-electron chi connectivity index (χ1n) is 4.97. The zero-order valence-electron chi connectivity index (χ0n) is 9.58. The van der Waals surface area contributed by atoms with E-state index < -0.39 is 21.6 Å². The lowest BCUT2D eigenvalue weighted by Crippen LogP contribution is -2.28. The number of phenols is 1. The number of amides is 1. The second-order valence-electron chi connectivity index (χ2n) is 3.49. The van der Waals surface area contributed by atoms with Crippen molar-refractivity contribution in [1.82, 2.24) is 5.32 Å². The van der Waals surface area contributed by atoms with Gasteiger partial charge in [-0.1, -0.05) is 0 Å². The van der Waals surface area contributed by atoms with E-state index in [0.29, 0.717) is 0 Å². The van der Waals surface area contributed by atoms with Crippen molar-refractivity contribution in [1.29, 1.82) is 0 Å². The van der Waals surface area contributed by atoms with Gasteiger partial charge < -0.3 is 10.4 Å². The van der Waals surface area contributed by atoms with Crippen LogP contribution in [0.15, 0.2) is 18.2 Å². The van der Waals surface area contributed by atoms with E-state index in [4.69, 9.17) is 0 Å². The van der Waals surface area contributed by atoms with Crippen LogP contribution in [0.2, 0.25) is 0 Å². The summed E-state index contributed by atoms with van der Waals surface area (Å²) in [6.45, 7) is 0.148. The molecule has 2 N–H and O–H groups in total. The SMILES string of the molecule is CS(=O)CCNC(=O)c1cc(O)ccc1[N+](=O)[O-]. The van der Waals surface area contributed by atoms with E-state index in [1.54, 1.807) is 0 Å². The van der Waals surface area contributed by atoms with E-state index in [1.807, 2.05) is 0 Å². The van der Waals surface area contributed by atoms with E-state index in [1.165, 1.54) is 6.26 Å². The third kappa shape index (κ3) is 3.81. The first kappa shape index (κ1) is 14.1. The molecule has 98 valence electrons. The first-order valence-corrected chi connectivity index (χ1v) is 6.70. The van der Waals surface area contributed by atoms with Gasteiger partial charge in [0.2, 0.25) is 0 Å². The Kier molecular flexibility index (Phi) is 4.78. The minimum atomic E-state index is -1.05. The van der Waals surface area contributed by atoms with Crippen LogP contribution >= 0.6 is 0 Å². The number of carbonyl (C=O) groups is 1. The van der Waals surface area contributed by atoms with Crippen molar-refractivity contribution in [3.63, 3.8) is 0 Å². The lowest BCUT2D eigenvalue weighted by atomic mass is 10.1. The van der Waals surface area contributed by atoms with Crippen LogP contribution in [-0.2, 0) is 10.8 Å². The van der Waals surface area contributed by atoms with Crippen LogP contribution in [0.25, 0.3) is 0 Å². The quantitative estimate of drug-likeness (QED) is 0.596. The molecule has 1 atom stereocenters. The van der Waals surface area contributed by atoms with E-state index >= 15 is 0 Å². The van der Waals surface area contributed by atoms with Crippen LogP contribution < -0.4 is 5.32 Å². The molecule has 1 unspecified atom stereocenters. The van der Waals surface area contributed by atoms with Crippen LogP contribution in [0.5, 0.6) is 5.75 Å². The molecule has 7 nitrogen and oxygen atoms in total. The Morgan fingerprint density at radius 1 is 1.56 bits per heavy atom. The fourth-order valence-corrected chi connectivity index (χ4v) is 1.66. The first-order chi connectivity index (χ1) is 8.41. The van der Waals surface area contributed by atoms with Gasteiger partial charge in [-0.25, -0.2) is 0 Å². The average Bonchev–Trinajstić information content (AvgIpc) is 2.27. The topological polar surface area (TPSA) is 110 Å². The van der Waals surface area contributed by atoms with E-state index in [2.05, 4.69) is 5.32 Å². The van der Waals surface area contributed by atoms with Crippen molar-refractivity contribution < 1.29 is 19.0 Å². The van der Waals surface area contributed by atoms with Gasteiger partial charge in [-0.05, 0) is 12.1 Å². The summed E-state index contributed by atoms with van der Waals surface area (Å²) < 4.78 is 10.8. The molecule has 0 aliphatic carbocycles. The Morgan fingerprint density at radius 2 is 2.22 bits per heavy atom. The predicted molar refractivity (Wildman–Crippen MR) is 66.0 cm³/mol. The molecule has 1 rings (SSSR count). The molecule has 0 aliphatic rings. The summed E-state index contributed by atoms with van der Waals surface area (Å²) in [5.41, 5.74) is -0.607. The molecule has 0 saturated heterocycles. The molecule has 18 heavy (non-hydrogen) atoms. The van der Waals surface area contributed by atoms with Crippen molar-refractivity contribution >= 4 is 22.4 Å². The van der Waals surface area contributed by atoms with Gasteiger partial charge in [0.05, 0.1) is 4.92 Å². The minimum Gasteiger partial charge on any atom is -0.508 e. The highest BCUT2D eigenvalue weighted by Gasteiger charge is 2.20. The number of nitro groups is 1. The molecule has 0 aromatic heterocycles. The van der Waals surface area contributed by atoms with Crippen LogP contribution in [0.3, 0.4) is 0 Å². The summed E-state index contributed by atoms with van der Waals surface area (Å²) >= 11 is 0. The third-order valence-electron chi connectivity index (χ3n) is 2.10. The van der Waals surface area contributed by atoms with Crippen molar-refractivity contribution in [3.8, 4) is 5.75 Å². The van der Waals surface area contributed by atoms with Crippen LogP contribution in [0.1, 0.15) is 10.4 Å². The van der Waals surface area contributed by atoms with Crippen molar-refractivity contribution in [2.75, 3.05) is 18.6 Å². The molecule has 1 amide bonds. The number of nitrogens with one attached hydrogen (secondary N) is 1. The molecule has 0 radical (unpaired) electrons. The average molecular weight is 272 g/mol. The van der Waals surface area contributed by atoms with Gasteiger partial charge in [-0.2, -0.15) is 0 Å². The summed E-state index contributed by atoms with van der Waals surface area (Å²) in [5, 5.41) is 22.4. The summed E-state index contributed by atoms with van der Waals surface area (Å²) in [5.74, 6) is -0.647. The fraction of sp³-hybridized carbons (Fsp3) is 0.300. The third-order valence-corrected chi connectivity index (χ3v) is 2.88. The number of hydrogen-bond donors (Lipinski definition) is 2. The molecule has 1 aromatic rings. The van der Waals surface area contributed by atoms with E-state index in [9.17, 15) is 24.2 Å². The Balaban J connectivity index is 2.87. The number of hydrogen-bond acceptors (Lipinski definition) is 5. The highest BCUT2D eigenvalue weighted by atomic mass is 32.2. The largest absolute Gasteiger partial charge is 0.508 e. The summed E-state index contributed by atoms with van der Waals surface area (Å²) in [6.07, 6.45) is 1.49. The van der Waals surface area contributed by atoms with Gasteiger partial charge in [-0.3, -0.25) is 19.1 Å². The highest BCUT2D eigenvalue weighted by molar-refractivity contribution is 7.84. The Labute approximate surface area is 105 Å². The summed E-state index contributed by atoms with van der Waals surface area (Å²) in [4.78, 5) is 21.7. The zero-order valence-corrected chi connectivity index (χ0v) is 10.4. The molecule has 0 spiro atoms. The van der Waals surface area contributed by atoms with Crippen molar-refractivity contribution in [3.05, 3.63) is 33.9 Å². The number of phenolic OH excluding ortho intramolecular Hbond substituents is 1. The maximum atomic E-state index is 11.7. The summed E-state index contributed by atoms with van der Waals surface area (Å²) in [7, 11) is -1.05. The number of nitro benzene ring substituents is 1. The van der Waals surface area contributed by atoms with Gasteiger partial charge in [-0.15, -0.1) is 0 Å². The van der Waals surface area contributed by atoms with Crippen molar-refractivity contribution in [2.45, 2.75) is 0 Å². The van der Waals surface area contributed by atoms with Gasteiger partial charge in [0.1, 0.15) is 11.3 Å². The molecule has 0 saturated carbocycles. The highest BCUT2D eigenvalue weighted by Crippen LogP contribution is 2.22. The van der Waals surface area contributed by atoms with E-state index in [0.717, 1.165) is 18.2 Å². The molecular formula is C10H12N2O5S. The van der Waals surface area contributed by atoms with Gasteiger partial charge >= 0.3 is 0 Å². The van der Waals surface area contributed by atoms with E-state index in [-0.39, 0.29) is 29.3 Å². The minimum absolute atomic E-state index is 0.148. The van der Waals surface area contributed by atoms with Crippen molar-refractivity contribution in [2.24, 2.45) is 0 Å². The lowest BCUT2D eigenvalue weighted by Gasteiger charge is -2.05. The zero-order chi connectivity index (χ0) is 13.7. The standard InChI is InChI=1S/C10H12N2O5S/c1-18(17)5-4-11-10(14)8-6-7(13)2-3-9(8)12(15)16/h2-3,6,13H,4-5H2,1H3,(H,11,14). The van der Waals surface area contributed by atoms with Gasteiger partial charge in [0.25, 0.3) is 11.6 Å². The number of carbonyl (C=O) groups excluding carboxylic acids is 1. The van der Waals surface area contributed by atoms with Gasteiger partial charge in [0.15, 0.2) is 0 Å². The Hall–Kier alpha value is -1.96. The normalized spacial score (nSPS) is 11.8. The maximum Gasteiger partial charge on any atom is 0.282 e. The molecule has 8 heteroatoms. The second-order valence-corrected chi connectivity index (χ2v) is 5.05. The lowest BCUT2D eigenvalue weighted by molar-refractivity contribution is -0.385. The second kappa shape index (κ2) is 6.10. The maximum absolute atomic E-state index is 11.7. The fourth-order valence-electron chi connectivity index (χ4n) is 1.27. The van der Waals surface area contributed by atoms with Crippen LogP contribution in [0, 0.1) is 10.1 Å². The smallest absolute Gasteiger partial charge is 0.282 e. The van der Waals surface area contributed by atoms with Gasteiger partial charge in [0, 0.05) is 35.4 Å².